The second-order valence-electron chi connectivity index (χ2n) is 5.52. The number of pyridine rings is 1. The molecule has 0 aromatic carbocycles. The molecule has 1 atom stereocenters. The molecular weight excluding hydrogens is 255 g/mol. The Balaban J connectivity index is 1.67. The normalized spacial score (nSPS) is 19.3. The molecule has 5 heteroatoms. The van der Waals surface area contributed by atoms with Gasteiger partial charge < -0.3 is 4.90 Å². The first kappa shape index (κ1) is 13.1. The van der Waals surface area contributed by atoms with E-state index >= 15 is 0 Å². The molecule has 2 aromatic heterocycles. The van der Waals surface area contributed by atoms with Gasteiger partial charge in [-0.15, -0.1) is 0 Å². The summed E-state index contributed by atoms with van der Waals surface area (Å²) >= 11 is 0. The number of piperidine rings is 1. The molecule has 106 valence electrons. The van der Waals surface area contributed by atoms with E-state index in [4.69, 9.17) is 0 Å². The van der Waals surface area contributed by atoms with Crippen molar-refractivity contribution in [2.75, 3.05) is 18.0 Å². The third kappa shape index (κ3) is 2.81. The second kappa shape index (κ2) is 5.61. The Morgan fingerprint density at radius 2 is 2.30 bits per heavy atom. The van der Waals surface area contributed by atoms with E-state index in [0.717, 1.165) is 31.7 Å². The molecule has 0 aliphatic carbocycles. The van der Waals surface area contributed by atoms with Gasteiger partial charge >= 0.3 is 0 Å². The zero-order valence-corrected chi connectivity index (χ0v) is 11.6. The van der Waals surface area contributed by atoms with Crippen molar-refractivity contribution in [3.63, 3.8) is 0 Å². The van der Waals surface area contributed by atoms with Gasteiger partial charge in [-0.3, -0.25) is 5.10 Å². The molecule has 4 nitrogen and oxygen atoms in total. The number of nitrogens with one attached hydrogen (secondary N) is 1. The van der Waals surface area contributed by atoms with Crippen LogP contribution in [0.25, 0.3) is 0 Å². The molecule has 0 saturated carbocycles. The van der Waals surface area contributed by atoms with Crippen LogP contribution in [0.1, 0.15) is 24.1 Å². The van der Waals surface area contributed by atoms with E-state index in [1.54, 1.807) is 6.07 Å². The smallest absolute Gasteiger partial charge is 0.141 e. The Morgan fingerprint density at radius 3 is 3.00 bits per heavy atom. The number of nitrogens with zero attached hydrogens (tertiary/aromatic N) is 3. The van der Waals surface area contributed by atoms with Crippen LogP contribution in [-0.4, -0.2) is 28.3 Å². The van der Waals surface area contributed by atoms with Crippen molar-refractivity contribution in [3.8, 4) is 0 Å². The van der Waals surface area contributed by atoms with Crippen LogP contribution in [0.5, 0.6) is 0 Å². The van der Waals surface area contributed by atoms with Gasteiger partial charge in [0, 0.05) is 18.8 Å². The van der Waals surface area contributed by atoms with Crippen LogP contribution in [0.2, 0.25) is 0 Å². The maximum Gasteiger partial charge on any atom is 0.141 e. The Labute approximate surface area is 118 Å². The van der Waals surface area contributed by atoms with Crippen LogP contribution in [0.3, 0.4) is 0 Å². The van der Waals surface area contributed by atoms with Gasteiger partial charge in [-0.2, -0.15) is 5.10 Å². The summed E-state index contributed by atoms with van der Waals surface area (Å²) in [4.78, 5) is 6.43. The number of rotatable bonds is 3. The van der Waals surface area contributed by atoms with Gasteiger partial charge in [0.25, 0.3) is 0 Å². The van der Waals surface area contributed by atoms with Gasteiger partial charge in [0.05, 0.1) is 12.4 Å². The molecule has 0 amide bonds. The van der Waals surface area contributed by atoms with Crippen molar-refractivity contribution in [1.82, 2.24) is 15.2 Å². The minimum absolute atomic E-state index is 0.282. The molecule has 1 aliphatic heterocycles. The number of aromatic amines is 1. The standard InChI is InChI=1S/C15H19FN4/c1-11-8-18-19-14(11)7-12-3-2-6-20(10-12)15-5-4-13(16)9-17-15/h4-5,8-9,12H,2-3,6-7,10H2,1H3,(H,18,19). The highest BCUT2D eigenvalue weighted by atomic mass is 19.1. The van der Waals surface area contributed by atoms with Gasteiger partial charge in [-0.1, -0.05) is 0 Å². The zero-order chi connectivity index (χ0) is 13.9. The fraction of sp³-hybridized carbons (Fsp3) is 0.467. The van der Waals surface area contributed by atoms with Crippen molar-refractivity contribution in [3.05, 3.63) is 41.6 Å². The quantitative estimate of drug-likeness (QED) is 0.936. The van der Waals surface area contributed by atoms with Gasteiger partial charge in [-0.05, 0) is 49.8 Å². The molecule has 20 heavy (non-hydrogen) atoms. The number of hydrogen-bond acceptors (Lipinski definition) is 3. The number of aromatic nitrogens is 3. The largest absolute Gasteiger partial charge is 0.356 e. The summed E-state index contributed by atoms with van der Waals surface area (Å²) in [6, 6.07) is 3.24. The van der Waals surface area contributed by atoms with Crippen molar-refractivity contribution in [2.24, 2.45) is 5.92 Å². The maximum absolute atomic E-state index is 12.9. The third-order valence-electron chi connectivity index (χ3n) is 3.98. The second-order valence-corrected chi connectivity index (χ2v) is 5.52. The third-order valence-corrected chi connectivity index (χ3v) is 3.98. The number of hydrogen-bond donors (Lipinski definition) is 1. The van der Waals surface area contributed by atoms with Crippen LogP contribution in [0.15, 0.2) is 24.5 Å². The van der Waals surface area contributed by atoms with E-state index in [0.29, 0.717) is 5.92 Å². The minimum Gasteiger partial charge on any atom is -0.356 e. The van der Waals surface area contributed by atoms with E-state index in [1.165, 1.54) is 29.9 Å². The van der Waals surface area contributed by atoms with Gasteiger partial charge in [0.15, 0.2) is 0 Å². The van der Waals surface area contributed by atoms with Crippen molar-refractivity contribution in [1.29, 1.82) is 0 Å². The van der Waals surface area contributed by atoms with Crippen molar-refractivity contribution >= 4 is 5.82 Å². The topological polar surface area (TPSA) is 44.8 Å². The van der Waals surface area contributed by atoms with Gasteiger partial charge in [-0.25, -0.2) is 9.37 Å². The van der Waals surface area contributed by atoms with E-state index < -0.39 is 0 Å². The summed E-state index contributed by atoms with van der Waals surface area (Å²) in [7, 11) is 0. The Hall–Kier alpha value is -1.91. The Bertz CT molecular complexity index is 564. The molecule has 2 aromatic rings. The first-order chi connectivity index (χ1) is 9.72. The van der Waals surface area contributed by atoms with E-state index in [9.17, 15) is 4.39 Å². The number of H-pyrrole nitrogens is 1. The first-order valence-electron chi connectivity index (χ1n) is 7.07. The summed E-state index contributed by atoms with van der Waals surface area (Å²) in [5, 5.41) is 7.16. The lowest BCUT2D eigenvalue weighted by molar-refractivity contribution is 0.407. The van der Waals surface area contributed by atoms with Crippen molar-refractivity contribution in [2.45, 2.75) is 26.2 Å². The monoisotopic (exact) mass is 274 g/mol. The fourth-order valence-corrected chi connectivity index (χ4v) is 2.86. The van der Waals surface area contributed by atoms with Crippen LogP contribution in [0.4, 0.5) is 10.2 Å². The van der Waals surface area contributed by atoms with Crippen LogP contribution in [0, 0.1) is 18.7 Å². The lowest BCUT2D eigenvalue weighted by Gasteiger charge is -2.33. The summed E-state index contributed by atoms with van der Waals surface area (Å²) in [6.07, 6.45) is 6.55. The average Bonchev–Trinajstić information content (AvgIpc) is 2.85. The highest BCUT2D eigenvalue weighted by Crippen LogP contribution is 2.24. The van der Waals surface area contributed by atoms with Crippen molar-refractivity contribution < 1.29 is 4.39 Å². The highest BCUT2D eigenvalue weighted by molar-refractivity contribution is 5.38. The summed E-state index contributed by atoms with van der Waals surface area (Å²) in [5.41, 5.74) is 2.45. The maximum atomic E-state index is 12.9. The van der Waals surface area contributed by atoms with Crippen LogP contribution in [-0.2, 0) is 6.42 Å². The molecule has 3 rings (SSSR count). The SMILES string of the molecule is Cc1cn[nH]c1CC1CCCN(c2ccc(F)cn2)C1. The molecule has 1 N–H and O–H groups in total. The highest BCUT2D eigenvalue weighted by Gasteiger charge is 2.22. The summed E-state index contributed by atoms with van der Waals surface area (Å²) in [5.74, 6) is 1.18. The lowest BCUT2D eigenvalue weighted by Crippen LogP contribution is -2.36. The van der Waals surface area contributed by atoms with E-state index in [1.807, 2.05) is 6.20 Å². The van der Waals surface area contributed by atoms with Gasteiger partial charge in [0.2, 0.25) is 0 Å². The van der Waals surface area contributed by atoms with Gasteiger partial charge in [0.1, 0.15) is 11.6 Å². The van der Waals surface area contributed by atoms with Crippen LogP contribution >= 0.6 is 0 Å². The molecular formula is C15H19FN4. The number of halogens is 1. The Morgan fingerprint density at radius 1 is 1.40 bits per heavy atom. The molecule has 1 aliphatic rings. The minimum atomic E-state index is -0.282. The molecule has 0 radical (unpaired) electrons. The summed E-state index contributed by atoms with van der Waals surface area (Å²) < 4.78 is 12.9. The predicted molar refractivity (Wildman–Crippen MR) is 76.2 cm³/mol. The van der Waals surface area contributed by atoms with E-state index in [-0.39, 0.29) is 5.82 Å². The predicted octanol–water partition coefficient (Wildman–Crippen LogP) is 2.71. The molecule has 1 saturated heterocycles. The lowest BCUT2D eigenvalue weighted by atomic mass is 9.92. The fourth-order valence-electron chi connectivity index (χ4n) is 2.86. The number of aryl methyl sites for hydroxylation is 1. The zero-order valence-electron chi connectivity index (χ0n) is 11.6. The molecule has 0 bridgehead atoms. The van der Waals surface area contributed by atoms with E-state index in [2.05, 4.69) is 27.0 Å². The number of anilines is 1. The molecule has 1 fully saturated rings. The first-order valence-corrected chi connectivity index (χ1v) is 7.07. The molecule has 1 unspecified atom stereocenters. The van der Waals surface area contributed by atoms with Crippen LogP contribution < -0.4 is 4.90 Å². The Kier molecular flexibility index (Phi) is 3.67. The molecule has 0 spiro atoms. The summed E-state index contributed by atoms with van der Waals surface area (Å²) in [6.45, 7) is 4.05. The molecule has 3 heterocycles. The average molecular weight is 274 g/mol.